The number of rotatable bonds is 5. The van der Waals surface area contributed by atoms with Crippen molar-refractivity contribution in [2.75, 3.05) is 5.32 Å². The molecule has 1 aliphatic rings. The number of nitrogens with zero attached hydrogens (tertiary/aromatic N) is 1. The molecule has 0 radical (unpaired) electrons. The molecule has 2 aromatic carbocycles. The van der Waals surface area contributed by atoms with Crippen molar-refractivity contribution < 1.29 is 18.4 Å². The van der Waals surface area contributed by atoms with Crippen LogP contribution >= 0.6 is 11.6 Å². The molecule has 0 unspecified atom stereocenters. The largest absolute Gasteiger partial charge is 0.349 e. The van der Waals surface area contributed by atoms with Crippen LogP contribution in [0.3, 0.4) is 0 Å². The van der Waals surface area contributed by atoms with E-state index in [0.717, 1.165) is 35.7 Å². The number of benzene rings is 2. The molecule has 1 heterocycles. The normalized spacial score (nSPS) is 13.0. The van der Waals surface area contributed by atoms with E-state index in [2.05, 4.69) is 10.6 Å². The van der Waals surface area contributed by atoms with Gasteiger partial charge >= 0.3 is 0 Å². The first-order chi connectivity index (χ1) is 14.8. The molecule has 9 heteroatoms. The minimum absolute atomic E-state index is 0.00663. The highest BCUT2D eigenvalue weighted by Gasteiger charge is 2.24. The molecule has 31 heavy (non-hydrogen) atoms. The number of halogens is 3. The van der Waals surface area contributed by atoms with Gasteiger partial charge in [-0.15, -0.1) is 0 Å². The zero-order valence-corrected chi connectivity index (χ0v) is 16.7. The number of amides is 2. The molecule has 6 nitrogen and oxygen atoms in total. The van der Waals surface area contributed by atoms with E-state index in [0.29, 0.717) is 5.56 Å². The Morgan fingerprint density at radius 1 is 1.00 bits per heavy atom. The molecule has 1 aliphatic carbocycles. The zero-order chi connectivity index (χ0) is 22.1. The molecular weight excluding hydrogens is 428 g/mol. The average molecular weight is 444 g/mol. The van der Waals surface area contributed by atoms with Gasteiger partial charge in [-0.25, -0.2) is 8.78 Å². The number of hydrogen-bond donors (Lipinski definition) is 2. The topological polar surface area (TPSA) is 80.2 Å². The molecule has 0 atom stereocenters. The van der Waals surface area contributed by atoms with Gasteiger partial charge in [0.05, 0.1) is 22.0 Å². The number of carbonyl (C=O) groups excluding carboxylic acids is 2. The number of hydrogen-bond acceptors (Lipinski definition) is 3. The van der Waals surface area contributed by atoms with Gasteiger partial charge in [0.2, 0.25) is 0 Å². The molecule has 0 spiro atoms. The van der Waals surface area contributed by atoms with Gasteiger partial charge in [-0.2, -0.15) is 0 Å². The fourth-order valence-corrected chi connectivity index (χ4v) is 3.11. The average Bonchev–Trinajstić information content (AvgIpc) is 3.56. The van der Waals surface area contributed by atoms with E-state index in [1.54, 1.807) is 6.07 Å². The highest BCUT2D eigenvalue weighted by Crippen LogP contribution is 2.25. The fraction of sp³-hybridized carbons (Fsp3) is 0.136. The molecule has 0 aliphatic heterocycles. The molecule has 0 saturated heterocycles. The molecular formula is C22H16ClF2N3O3. The summed E-state index contributed by atoms with van der Waals surface area (Å²) in [5.41, 5.74) is -0.426. The Kier molecular flexibility index (Phi) is 5.56. The Balaban J connectivity index is 1.61. The maximum Gasteiger partial charge on any atom is 0.257 e. The van der Waals surface area contributed by atoms with Crippen LogP contribution in [0.15, 0.2) is 59.5 Å². The Hall–Kier alpha value is -3.52. The van der Waals surface area contributed by atoms with E-state index in [4.69, 9.17) is 11.6 Å². The van der Waals surface area contributed by atoms with Crippen LogP contribution < -0.4 is 16.2 Å². The molecule has 0 bridgehead atoms. The molecule has 2 amide bonds. The lowest BCUT2D eigenvalue weighted by molar-refractivity contribution is 0.0949. The summed E-state index contributed by atoms with van der Waals surface area (Å²) in [6, 6.07) is 10.4. The van der Waals surface area contributed by atoms with E-state index in [1.165, 1.54) is 30.3 Å². The Morgan fingerprint density at radius 3 is 2.48 bits per heavy atom. The van der Waals surface area contributed by atoms with Gasteiger partial charge in [0, 0.05) is 23.9 Å². The monoisotopic (exact) mass is 443 g/mol. The van der Waals surface area contributed by atoms with E-state index in [-0.39, 0.29) is 33.9 Å². The second-order valence-corrected chi connectivity index (χ2v) is 7.50. The maximum absolute atomic E-state index is 14.1. The van der Waals surface area contributed by atoms with Crippen LogP contribution in [0, 0.1) is 11.6 Å². The molecule has 1 aromatic heterocycles. The number of pyridine rings is 1. The van der Waals surface area contributed by atoms with Gasteiger partial charge in [-0.1, -0.05) is 17.7 Å². The van der Waals surface area contributed by atoms with Gasteiger partial charge in [-0.3, -0.25) is 19.0 Å². The third kappa shape index (κ3) is 4.49. The van der Waals surface area contributed by atoms with Gasteiger partial charge in [0.15, 0.2) is 11.6 Å². The Labute approximate surface area is 180 Å². The van der Waals surface area contributed by atoms with Crippen molar-refractivity contribution in [3.8, 4) is 5.69 Å². The van der Waals surface area contributed by atoms with Crippen LogP contribution in [0.2, 0.25) is 5.02 Å². The van der Waals surface area contributed by atoms with Crippen molar-refractivity contribution in [3.63, 3.8) is 0 Å². The van der Waals surface area contributed by atoms with Crippen molar-refractivity contribution in [1.82, 2.24) is 9.88 Å². The molecule has 4 rings (SSSR count). The first-order valence-electron chi connectivity index (χ1n) is 9.42. The first kappa shape index (κ1) is 20.7. The van der Waals surface area contributed by atoms with Crippen molar-refractivity contribution in [1.29, 1.82) is 0 Å². The van der Waals surface area contributed by atoms with Crippen molar-refractivity contribution >= 4 is 29.1 Å². The number of carbonyl (C=O) groups is 2. The van der Waals surface area contributed by atoms with Crippen LogP contribution in [-0.4, -0.2) is 22.4 Å². The van der Waals surface area contributed by atoms with Crippen LogP contribution in [0.1, 0.15) is 33.6 Å². The van der Waals surface area contributed by atoms with Crippen LogP contribution in [-0.2, 0) is 0 Å². The minimum atomic E-state index is -1.21. The summed E-state index contributed by atoms with van der Waals surface area (Å²) >= 11 is 6.15. The highest BCUT2D eigenvalue weighted by atomic mass is 35.5. The standard InChI is InChI=1S/C22H16ClF2N3O3/c23-15-8-4-12(21(30)26-14-6-7-14)10-17(15)27-22(31)13-5-9-19(29)28(11-13)18-3-1-2-16(24)20(18)25/h1-5,8-11,14H,6-7H2,(H,26,30)(H,27,31). The van der Waals surface area contributed by atoms with Gasteiger partial charge in [0.25, 0.3) is 17.4 Å². The third-order valence-corrected chi connectivity index (χ3v) is 5.08. The van der Waals surface area contributed by atoms with Crippen LogP contribution in [0.25, 0.3) is 5.69 Å². The SMILES string of the molecule is O=C(Nc1cc(C(=O)NC2CC2)ccc1Cl)c1ccc(=O)n(-c2cccc(F)c2F)c1. The fourth-order valence-electron chi connectivity index (χ4n) is 2.94. The van der Waals surface area contributed by atoms with E-state index >= 15 is 0 Å². The van der Waals surface area contributed by atoms with Gasteiger partial charge < -0.3 is 10.6 Å². The number of nitrogens with one attached hydrogen (secondary N) is 2. The van der Waals surface area contributed by atoms with Gasteiger partial charge in [-0.05, 0) is 49.2 Å². The predicted molar refractivity (Wildman–Crippen MR) is 112 cm³/mol. The predicted octanol–water partition coefficient (Wildman–Crippen LogP) is 3.91. The highest BCUT2D eigenvalue weighted by molar-refractivity contribution is 6.34. The minimum Gasteiger partial charge on any atom is -0.349 e. The summed E-state index contributed by atoms with van der Waals surface area (Å²) < 4.78 is 28.5. The summed E-state index contributed by atoms with van der Waals surface area (Å²) in [6.07, 6.45) is 2.97. The summed E-state index contributed by atoms with van der Waals surface area (Å²) in [5, 5.41) is 5.63. The van der Waals surface area contributed by atoms with Crippen molar-refractivity contribution in [3.05, 3.63) is 92.9 Å². The zero-order valence-electron chi connectivity index (χ0n) is 16.0. The second-order valence-electron chi connectivity index (χ2n) is 7.10. The lowest BCUT2D eigenvalue weighted by atomic mass is 10.1. The molecule has 2 N–H and O–H groups in total. The van der Waals surface area contributed by atoms with Crippen LogP contribution in [0.5, 0.6) is 0 Å². The summed E-state index contributed by atoms with van der Waals surface area (Å²) in [5.74, 6) is -3.25. The molecule has 1 saturated carbocycles. The lowest BCUT2D eigenvalue weighted by Gasteiger charge is -2.12. The van der Waals surface area contributed by atoms with Crippen molar-refractivity contribution in [2.45, 2.75) is 18.9 Å². The third-order valence-electron chi connectivity index (χ3n) is 4.75. The van der Waals surface area contributed by atoms with E-state index in [9.17, 15) is 23.2 Å². The summed E-state index contributed by atoms with van der Waals surface area (Å²) in [4.78, 5) is 37.1. The number of aromatic nitrogens is 1. The molecule has 158 valence electrons. The van der Waals surface area contributed by atoms with E-state index in [1.807, 2.05) is 0 Å². The number of anilines is 1. The van der Waals surface area contributed by atoms with Crippen molar-refractivity contribution in [2.24, 2.45) is 0 Å². The van der Waals surface area contributed by atoms with Crippen LogP contribution in [0.4, 0.5) is 14.5 Å². The summed E-state index contributed by atoms with van der Waals surface area (Å²) in [6.45, 7) is 0. The Morgan fingerprint density at radius 2 is 1.74 bits per heavy atom. The summed E-state index contributed by atoms with van der Waals surface area (Å²) in [7, 11) is 0. The molecule has 1 fully saturated rings. The Bertz CT molecular complexity index is 1250. The second kappa shape index (κ2) is 8.31. The first-order valence-corrected chi connectivity index (χ1v) is 9.80. The molecule has 3 aromatic rings. The lowest BCUT2D eigenvalue weighted by Crippen LogP contribution is -2.25. The smallest absolute Gasteiger partial charge is 0.257 e. The van der Waals surface area contributed by atoms with E-state index < -0.39 is 23.1 Å². The quantitative estimate of drug-likeness (QED) is 0.627. The van der Waals surface area contributed by atoms with Gasteiger partial charge in [0.1, 0.15) is 0 Å². The maximum atomic E-state index is 14.1.